The zero-order chi connectivity index (χ0) is 24.7. The summed E-state index contributed by atoms with van der Waals surface area (Å²) in [6.45, 7) is 9.41. The first-order valence-electron chi connectivity index (χ1n) is 11.5. The summed E-state index contributed by atoms with van der Waals surface area (Å²) in [5.74, 6) is 0.434. The summed E-state index contributed by atoms with van der Waals surface area (Å²) >= 11 is 3.52. The van der Waals surface area contributed by atoms with Crippen molar-refractivity contribution >= 4 is 38.9 Å². The van der Waals surface area contributed by atoms with Gasteiger partial charge in [0.25, 0.3) is 5.88 Å². The summed E-state index contributed by atoms with van der Waals surface area (Å²) in [5.41, 5.74) is 2.86. The van der Waals surface area contributed by atoms with E-state index in [-0.39, 0.29) is 22.6 Å². The first-order chi connectivity index (χ1) is 16.0. The molecule has 2 atom stereocenters. The lowest BCUT2D eigenvalue weighted by atomic mass is 9.70. The van der Waals surface area contributed by atoms with Gasteiger partial charge >= 0.3 is 6.09 Å². The van der Waals surface area contributed by atoms with E-state index in [1.54, 1.807) is 6.07 Å². The van der Waals surface area contributed by atoms with Crippen molar-refractivity contribution < 1.29 is 14.4 Å². The maximum atomic E-state index is 12.2. The van der Waals surface area contributed by atoms with E-state index >= 15 is 0 Å². The fourth-order valence-corrected chi connectivity index (χ4v) is 6.05. The Morgan fingerprint density at radius 3 is 2.85 bits per heavy atom. The van der Waals surface area contributed by atoms with Crippen LogP contribution in [-0.2, 0) is 12.0 Å². The number of hydrogen-bond donors (Lipinski definition) is 1. The van der Waals surface area contributed by atoms with Gasteiger partial charge in [0.2, 0.25) is 0 Å². The predicted molar refractivity (Wildman–Crippen MR) is 133 cm³/mol. The van der Waals surface area contributed by atoms with E-state index in [1.165, 1.54) is 4.90 Å². The molecule has 1 aliphatic carbocycles. The Bertz CT molecular complexity index is 1250. The van der Waals surface area contributed by atoms with Gasteiger partial charge in [-0.15, -0.1) is 0 Å². The van der Waals surface area contributed by atoms with Crippen LogP contribution in [0.5, 0.6) is 0 Å². The summed E-state index contributed by atoms with van der Waals surface area (Å²) in [6, 6.07) is 7.74. The molecule has 0 spiro atoms. The smallest absolute Gasteiger partial charge is 0.414 e. The summed E-state index contributed by atoms with van der Waals surface area (Å²) in [5, 5.41) is 23.4. The number of nitrogens with zero attached hydrogens (tertiary/aromatic N) is 5. The molecule has 1 unspecified atom stereocenters. The number of fused-ring (bicyclic) bond motifs is 1. The predicted octanol–water partition coefficient (Wildman–Crippen LogP) is 6.34. The highest BCUT2D eigenvalue weighted by atomic mass is 79.9. The number of anilines is 1. The maximum Gasteiger partial charge on any atom is 0.414 e. The minimum atomic E-state index is -1.05. The van der Waals surface area contributed by atoms with E-state index in [4.69, 9.17) is 4.52 Å². The average molecular weight is 528 g/mol. The molecule has 1 fully saturated rings. The molecule has 180 valence electrons. The van der Waals surface area contributed by atoms with E-state index in [2.05, 4.69) is 43.6 Å². The van der Waals surface area contributed by atoms with Crippen molar-refractivity contribution in [3.05, 3.63) is 40.3 Å². The Hall–Kier alpha value is -2.86. The van der Waals surface area contributed by atoms with E-state index in [9.17, 15) is 15.2 Å². The highest BCUT2D eigenvalue weighted by Crippen LogP contribution is 2.43. The monoisotopic (exact) mass is 527 g/mol. The third-order valence-corrected chi connectivity index (χ3v) is 7.44. The summed E-state index contributed by atoms with van der Waals surface area (Å²) < 4.78 is 8.22. The molecule has 4 rings (SSSR count). The summed E-state index contributed by atoms with van der Waals surface area (Å²) in [4.78, 5) is 18.0. The van der Waals surface area contributed by atoms with Crippen LogP contribution in [0.1, 0.15) is 64.6 Å². The second-order valence-electron chi connectivity index (χ2n) is 10.8. The molecule has 2 aromatic heterocycles. The topological polar surface area (TPSA) is 108 Å². The molecule has 1 N–H and O–H groups in total. The van der Waals surface area contributed by atoms with Gasteiger partial charge in [-0.2, -0.15) is 5.26 Å². The average Bonchev–Trinajstić information content (AvgIpc) is 3.34. The van der Waals surface area contributed by atoms with Gasteiger partial charge < -0.3 is 14.2 Å². The normalized spacial score (nSPS) is 20.9. The van der Waals surface area contributed by atoms with Crippen molar-refractivity contribution in [1.82, 2.24) is 14.7 Å². The van der Waals surface area contributed by atoms with Crippen molar-refractivity contribution in [2.75, 3.05) is 11.4 Å². The number of carboxylic acid groups (broad SMARTS) is 1. The largest absolute Gasteiger partial charge is 0.465 e. The molecule has 0 bridgehead atoms. The van der Waals surface area contributed by atoms with E-state index in [0.717, 1.165) is 43.3 Å². The lowest BCUT2D eigenvalue weighted by molar-refractivity contribution is 0.135. The number of rotatable bonds is 5. The Balaban J connectivity index is 1.53. The molecule has 1 aromatic carbocycles. The standard InChI is InChI=1S/C25H30BrN5O3/c1-24(2,3)21-20(26)22(34-29-21)31(23(32)33)13-17-6-5-9-25(4,11-17)14-30-15-28-18-8-7-16(12-27)10-19(18)30/h7-8,10,15,17H,5-6,9,11,13-14H2,1-4H3,(H,32,33)/t17?,25-/m0/s1. The lowest BCUT2D eigenvalue weighted by Crippen LogP contribution is -2.39. The highest BCUT2D eigenvalue weighted by Gasteiger charge is 2.37. The van der Waals surface area contributed by atoms with Crippen molar-refractivity contribution in [3.63, 3.8) is 0 Å². The van der Waals surface area contributed by atoms with Crippen LogP contribution in [0.2, 0.25) is 0 Å². The number of aromatic nitrogens is 3. The van der Waals surface area contributed by atoms with Gasteiger partial charge in [-0.1, -0.05) is 39.3 Å². The van der Waals surface area contributed by atoms with Crippen molar-refractivity contribution in [2.24, 2.45) is 11.3 Å². The Morgan fingerprint density at radius 2 is 2.21 bits per heavy atom. The number of nitriles is 1. The van der Waals surface area contributed by atoms with Crippen molar-refractivity contribution in [3.8, 4) is 6.07 Å². The third-order valence-electron chi connectivity index (χ3n) is 6.72. The van der Waals surface area contributed by atoms with Crippen LogP contribution < -0.4 is 4.90 Å². The van der Waals surface area contributed by atoms with E-state index in [0.29, 0.717) is 22.3 Å². The molecule has 0 radical (unpaired) electrons. The van der Waals surface area contributed by atoms with Gasteiger partial charge in [-0.3, -0.25) is 0 Å². The highest BCUT2D eigenvalue weighted by molar-refractivity contribution is 9.10. The van der Waals surface area contributed by atoms with Crippen LogP contribution in [0.3, 0.4) is 0 Å². The van der Waals surface area contributed by atoms with Gasteiger partial charge in [0.05, 0.1) is 29.0 Å². The maximum absolute atomic E-state index is 12.2. The Labute approximate surface area is 207 Å². The quantitative estimate of drug-likeness (QED) is 0.414. The molecule has 1 saturated carbocycles. The summed E-state index contributed by atoms with van der Waals surface area (Å²) in [6.07, 6.45) is 4.70. The van der Waals surface area contributed by atoms with Crippen LogP contribution in [0.25, 0.3) is 11.0 Å². The molecule has 1 aliphatic rings. The SMILES string of the molecule is CC(C)(C)c1noc(N(CC2CCC[C@](C)(Cn3cnc4ccc(C#N)cc43)C2)C(=O)O)c1Br. The molecule has 1 amide bonds. The molecular formula is C25H30BrN5O3. The fraction of sp³-hybridized carbons (Fsp3) is 0.520. The molecule has 0 saturated heterocycles. The molecule has 0 aliphatic heterocycles. The van der Waals surface area contributed by atoms with Crippen molar-refractivity contribution in [1.29, 1.82) is 5.26 Å². The van der Waals surface area contributed by atoms with Gasteiger partial charge in [0, 0.05) is 18.5 Å². The van der Waals surface area contributed by atoms with Gasteiger partial charge in [0.15, 0.2) is 0 Å². The first kappa shape index (κ1) is 24.3. The fourth-order valence-electron chi connectivity index (χ4n) is 5.09. The van der Waals surface area contributed by atoms with Crippen LogP contribution in [-0.4, -0.2) is 32.5 Å². The number of hydrogen-bond acceptors (Lipinski definition) is 5. The van der Waals surface area contributed by atoms with Crippen LogP contribution in [0.4, 0.5) is 10.7 Å². The first-order valence-corrected chi connectivity index (χ1v) is 12.3. The summed E-state index contributed by atoms with van der Waals surface area (Å²) in [7, 11) is 0. The van der Waals surface area contributed by atoms with Gasteiger partial charge in [0.1, 0.15) is 10.2 Å². The van der Waals surface area contributed by atoms with Gasteiger partial charge in [-0.25, -0.2) is 14.7 Å². The van der Waals surface area contributed by atoms with E-state index < -0.39 is 6.09 Å². The van der Waals surface area contributed by atoms with Crippen LogP contribution in [0, 0.1) is 22.7 Å². The third kappa shape index (κ3) is 4.83. The molecule has 3 aromatic rings. The van der Waals surface area contributed by atoms with Crippen LogP contribution in [0.15, 0.2) is 33.5 Å². The number of amides is 1. The molecule has 34 heavy (non-hydrogen) atoms. The molecular weight excluding hydrogens is 498 g/mol. The second kappa shape index (κ2) is 9.06. The number of halogens is 1. The van der Waals surface area contributed by atoms with E-state index in [1.807, 2.05) is 39.2 Å². The number of imidazole rings is 1. The van der Waals surface area contributed by atoms with Gasteiger partial charge in [-0.05, 0) is 64.7 Å². The zero-order valence-electron chi connectivity index (χ0n) is 20.0. The Morgan fingerprint density at radius 1 is 1.44 bits per heavy atom. The zero-order valence-corrected chi connectivity index (χ0v) is 21.6. The Kier molecular flexibility index (Phi) is 6.47. The minimum Gasteiger partial charge on any atom is -0.465 e. The van der Waals surface area contributed by atoms with Crippen LogP contribution >= 0.6 is 15.9 Å². The lowest BCUT2D eigenvalue weighted by Gasteiger charge is -2.39. The molecule has 8 nitrogen and oxygen atoms in total. The molecule has 9 heteroatoms. The second-order valence-corrected chi connectivity index (χ2v) is 11.5. The minimum absolute atomic E-state index is 0.0153. The number of carbonyl (C=O) groups is 1. The molecule has 2 heterocycles. The number of benzene rings is 1. The van der Waals surface area contributed by atoms with Crippen molar-refractivity contribution in [2.45, 2.75) is 65.3 Å².